The number of hydrogen-bond acceptors (Lipinski definition) is 2. The summed E-state index contributed by atoms with van der Waals surface area (Å²) in [6.45, 7) is 0.927. The van der Waals surface area contributed by atoms with Crippen LogP contribution in [-0.4, -0.2) is 23.0 Å². The van der Waals surface area contributed by atoms with E-state index < -0.39 is 0 Å². The minimum atomic E-state index is 0.292. The molecule has 3 fully saturated rings. The number of fused-ring (bicyclic) bond motifs is 6. The predicted molar refractivity (Wildman–Crippen MR) is 87.7 cm³/mol. The number of carbonyl (C=O) groups is 1. The molecule has 106 valence electrons. The van der Waals surface area contributed by atoms with Crippen molar-refractivity contribution < 1.29 is 4.79 Å². The topological polar surface area (TPSA) is 20.3 Å². The van der Waals surface area contributed by atoms with Gasteiger partial charge in [-0.3, -0.25) is 4.79 Å². The second kappa shape index (κ2) is 4.26. The molecule has 2 aromatic carbocycles. The second-order valence-corrected chi connectivity index (χ2v) is 7.94. The fourth-order valence-corrected chi connectivity index (χ4v) is 6.34. The molecule has 3 aliphatic heterocycles. The van der Waals surface area contributed by atoms with E-state index >= 15 is 0 Å². The molecule has 3 heterocycles. The Hall–Kier alpha value is -1.48. The molecule has 0 saturated carbocycles. The smallest absolute Gasteiger partial charge is 0.231 e. The summed E-state index contributed by atoms with van der Waals surface area (Å²) in [5.74, 6) is 1.25. The highest BCUT2D eigenvalue weighted by Crippen LogP contribution is 2.56. The Balaban J connectivity index is 1.54. The van der Waals surface area contributed by atoms with Gasteiger partial charge in [0.15, 0.2) is 0 Å². The first-order valence-corrected chi connectivity index (χ1v) is 8.71. The Morgan fingerprint density at radius 1 is 1.00 bits per heavy atom. The van der Waals surface area contributed by atoms with E-state index in [1.165, 1.54) is 23.6 Å². The lowest BCUT2D eigenvalue weighted by Crippen LogP contribution is -2.30. The highest BCUT2D eigenvalue weighted by Gasteiger charge is 2.57. The molecule has 0 aromatic heterocycles. The van der Waals surface area contributed by atoms with Gasteiger partial charge in [-0.05, 0) is 35.7 Å². The van der Waals surface area contributed by atoms with Gasteiger partial charge in [0.2, 0.25) is 5.91 Å². The number of thioether (sulfide) groups is 1. The van der Waals surface area contributed by atoms with Gasteiger partial charge in [0, 0.05) is 28.6 Å². The van der Waals surface area contributed by atoms with E-state index in [0.717, 1.165) is 17.5 Å². The maximum absolute atomic E-state index is 12.8. The molecule has 2 aromatic rings. The molecule has 0 radical (unpaired) electrons. The zero-order valence-corrected chi connectivity index (χ0v) is 12.6. The molecule has 0 aliphatic carbocycles. The van der Waals surface area contributed by atoms with Crippen molar-refractivity contribution in [2.75, 3.05) is 11.4 Å². The first-order chi connectivity index (χ1) is 10.3. The first-order valence-electron chi connectivity index (χ1n) is 7.77. The Bertz CT molecular complexity index is 743. The van der Waals surface area contributed by atoms with Crippen LogP contribution in [0.1, 0.15) is 12.8 Å². The Labute approximate surface area is 128 Å². The van der Waals surface area contributed by atoms with Crippen LogP contribution in [0.25, 0.3) is 10.8 Å². The molecule has 3 heteroatoms. The van der Waals surface area contributed by atoms with Crippen molar-refractivity contribution in [2.24, 2.45) is 11.8 Å². The van der Waals surface area contributed by atoms with Gasteiger partial charge in [0.25, 0.3) is 0 Å². The molecule has 1 amide bonds. The first kappa shape index (κ1) is 12.1. The molecular formula is C18H17NOS. The largest absolute Gasteiger partial charge is 0.312 e. The zero-order valence-electron chi connectivity index (χ0n) is 11.7. The fourth-order valence-electron chi connectivity index (χ4n) is 4.41. The zero-order chi connectivity index (χ0) is 14.0. The number of rotatable bonds is 1. The van der Waals surface area contributed by atoms with Gasteiger partial charge < -0.3 is 4.90 Å². The summed E-state index contributed by atoms with van der Waals surface area (Å²) in [4.78, 5) is 14.9. The third-order valence-electron chi connectivity index (χ3n) is 5.41. The van der Waals surface area contributed by atoms with Gasteiger partial charge >= 0.3 is 0 Å². The summed E-state index contributed by atoms with van der Waals surface area (Å²) in [6.07, 6.45) is 2.56. The molecule has 0 spiro atoms. The van der Waals surface area contributed by atoms with Crippen molar-refractivity contribution in [3.63, 3.8) is 0 Å². The van der Waals surface area contributed by atoms with E-state index in [0.29, 0.717) is 23.0 Å². The fraction of sp³-hybridized carbons (Fsp3) is 0.389. The van der Waals surface area contributed by atoms with E-state index in [2.05, 4.69) is 54.2 Å². The molecule has 4 unspecified atom stereocenters. The summed E-state index contributed by atoms with van der Waals surface area (Å²) in [5.41, 5.74) is 1.08. The van der Waals surface area contributed by atoms with Crippen molar-refractivity contribution in [3.05, 3.63) is 42.5 Å². The quantitative estimate of drug-likeness (QED) is 0.799. The summed E-state index contributed by atoms with van der Waals surface area (Å²) in [7, 11) is 0. The average Bonchev–Trinajstić information content (AvgIpc) is 3.20. The van der Waals surface area contributed by atoms with Crippen LogP contribution < -0.4 is 4.90 Å². The van der Waals surface area contributed by atoms with Crippen LogP contribution in [0.4, 0.5) is 5.69 Å². The minimum Gasteiger partial charge on any atom is -0.312 e. The molecular weight excluding hydrogens is 278 g/mol. The molecule has 2 nitrogen and oxygen atoms in total. The standard InChI is InChI=1S/C18H17NOS/c20-18-17-14(15-7-8-16(17)21-15)10-19(18)13-6-5-11-3-1-2-4-12(11)9-13/h1-6,9,14-17H,7-8,10H2. The lowest BCUT2D eigenvalue weighted by atomic mass is 9.81. The lowest BCUT2D eigenvalue weighted by molar-refractivity contribution is -0.121. The summed E-state index contributed by atoms with van der Waals surface area (Å²) in [6, 6.07) is 14.8. The number of hydrogen-bond donors (Lipinski definition) is 0. The number of amides is 1. The molecule has 21 heavy (non-hydrogen) atoms. The van der Waals surface area contributed by atoms with Gasteiger partial charge in [0.1, 0.15) is 0 Å². The predicted octanol–water partition coefficient (Wildman–Crippen LogP) is 3.70. The number of benzene rings is 2. The van der Waals surface area contributed by atoms with Crippen molar-refractivity contribution >= 4 is 34.1 Å². The summed E-state index contributed by atoms with van der Waals surface area (Å²) in [5, 5.41) is 3.79. The monoisotopic (exact) mass is 295 g/mol. The molecule has 0 N–H and O–H groups in total. The molecule has 5 rings (SSSR count). The van der Waals surface area contributed by atoms with Crippen LogP contribution in [0, 0.1) is 11.8 Å². The van der Waals surface area contributed by atoms with Crippen LogP contribution in [-0.2, 0) is 4.79 Å². The molecule has 2 bridgehead atoms. The number of carbonyl (C=O) groups excluding carboxylic acids is 1. The Morgan fingerprint density at radius 3 is 2.67 bits per heavy atom. The van der Waals surface area contributed by atoms with Gasteiger partial charge in [-0.1, -0.05) is 30.3 Å². The summed E-state index contributed by atoms with van der Waals surface area (Å²) >= 11 is 2.08. The normalized spacial score (nSPS) is 33.9. The summed E-state index contributed by atoms with van der Waals surface area (Å²) < 4.78 is 0. The Kier molecular flexibility index (Phi) is 2.46. The van der Waals surface area contributed by atoms with Gasteiger partial charge in [-0.15, -0.1) is 0 Å². The van der Waals surface area contributed by atoms with Crippen LogP contribution in [0.2, 0.25) is 0 Å². The van der Waals surface area contributed by atoms with Crippen molar-refractivity contribution in [1.82, 2.24) is 0 Å². The van der Waals surface area contributed by atoms with Crippen molar-refractivity contribution in [1.29, 1.82) is 0 Å². The van der Waals surface area contributed by atoms with Gasteiger partial charge in [-0.2, -0.15) is 11.8 Å². The van der Waals surface area contributed by atoms with Crippen LogP contribution >= 0.6 is 11.8 Å². The SMILES string of the molecule is O=C1C2C3CCC(S3)C2CN1c1ccc2ccccc2c1. The van der Waals surface area contributed by atoms with Gasteiger partial charge in [-0.25, -0.2) is 0 Å². The van der Waals surface area contributed by atoms with E-state index in [1.54, 1.807) is 0 Å². The highest BCUT2D eigenvalue weighted by molar-refractivity contribution is 8.01. The van der Waals surface area contributed by atoms with Crippen LogP contribution in [0.3, 0.4) is 0 Å². The van der Waals surface area contributed by atoms with Crippen LogP contribution in [0.5, 0.6) is 0 Å². The third kappa shape index (κ3) is 1.64. The van der Waals surface area contributed by atoms with E-state index in [-0.39, 0.29) is 0 Å². The highest BCUT2D eigenvalue weighted by atomic mass is 32.2. The second-order valence-electron chi connectivity index (χ2n) is 6.46. The lowest BCUT2D eigenvalue weighted by Gasteiger charge is -2.19. The van der Waals surface area contributed by atoms with Gasteiger partial charge in [0.05, 0.1) is 5.92 Å². The van der Waals surface area contributed by atoms with Crippen molar-refractivity contribution in [3.8, 4) is 0 Å². The van der Waals surface area contributed by atoms with Crippen molar-refractivity contribution in [2.45, 2.75) is 23.3 Å². The molecule has 4 atom stereocenters. The van der Waals surface area contributed by atoms with E-state index in [4.69, 9.17) is 0 Å². The van der Waals surface area contributed by atoms with Crippen LogP contribution in [0.15, 0.2) is 42.5 Å². The van der Waals surface area contributed by atoms with E-state index in [9.17, 15) is 4.79 Å². The molecule has 3 saturated heterocycles. The maximum Gasteiger partial charge on any atom is 0.231 e. The van der Waals surface area contributed by atoms with E-state index in [1.807, 2.05) is 4.90 Å². The number of nitrogens with zero attached hydrogens (tertiary/aromatic N) is 1. The average molecular weight is 295 g/mol. The number of anilines is 1. The maximum atomic E-state index is 12.8. The minimum absolute atomic E-state index is 0.292. The third-order valence-corrected chi connectivity index (χ3v) is 7.23. The Morgan fingerprint density at radius 2 is 1.81 bits per heavy atom. The molecule has 3 aliphatic rings.